The predicted octanol–water partition coefficient (Wildman–Crippen LogP) is 3.24. The van der Waals surface area contributed by atoms with Crippen molar-refractivity contribution >= 4 is 0 Å². The van der Waals surface area contributed by atoms with Gasteiger partial charge in [0.15, 0.2) is 0 Å². The smallest absolute Gasteiger partial charge is 0.00219 e. The molecule has 76 valence electrons. The first-order valence-electron chi connectivity index (χ1n) is 5.18. The Morgan fingerprint density at radius 2 is 1.62 bits per heavy atom. The number of hydrogen-bond acceptors (Lipinski definition) is 1. The molecule has 0 unspecified atom stereocenters. The summed E-state index contributed by atoms with van der Waals surface area (Å²) in [4.78, 5) is 2.23. The van der Waals surface area contributed by atoms with Crippen LogP contribution in [0.15, 0.2) is 24.8 Å². The maximum atomic E-state index is 3.70. The lowest BCUT2D eigenvalue weighted by Gasteiger charge is -2.06. The molecule has 0 aliphatic rings. The van der Waals surface area contributed by atoms with Crippen LogP contribution in [0.25, 0.3) is 0 Å². The minimum atomic E-state index is 1.14. The quantitative estimate of drug-likeness (QED) is 0.410. The molecule has 0 aromatic rings. The number of nitrogens with zero attached hydrogens (tertiary/aromatic N) is 1. The van der Waals surface area contributed by atoms with Crippen LogP contribution in [0.1, 0.15) is 32.1 Å². The number of hydrogen-bond donors (Lipinski definition) is 0. The summed E-state index contributed by atoms with van der Waals surface area (Å²) in [5, 5.41) is 0. The molecule has 13 heavy (non-hydrogen) atoms. The number of unbranched alkanes of at least 4 members (excludes halogenated alkanes) is 3. The molecule has 0 aliphatic carbocycles. The maximum absolute atomic E-state index is 3.70. The normalized spacial score (nSPS) is 11.3. The van der Waals surface area contributed by atoms with Crippen LogP contribution in [-0.4, -0.2) is 25.5 Å². The van der Waals surface area contributed by atoms with Gasteiger partial charge in [0, 0.05) is 0 Å². The minimum absolute atomic E-state index is 1.14. The maximum Gasteiger partial charge on any atom is -0.00219 e. The summed E-state index contributed by atoms with van der Waals surface area (Å²) in [5.74, 6) is 0. The van der Waals surface area contributed by atoms with Crippen molar-refractivity contribution in [1.29, 1.82) is 0 Å². The molecule has 0 spiro atoms. The van der Waals surface area contributed by atoms with Crippen molar-refractivity contribution in [2.45, 2.75) is 32.1 Å². The van der Waals surface area contributed by atoms with Crippen molar-refractivity contribution in [3.8, 4) is 0 Å². The average molecular weight is 181 g/mol. The van der Waals surface area contributed by atoms with E-state index in [0.717, 1.165) is 6.42 Å². The van der Waals surface area contributed by atoms with E-state index in [9.17, 15) is 0 Å². The highest BCUT2D eigenvalue weighted by Gasteiger charge is 1.86. The molecule has 0 atom stereocenters. The first-order valence-corrected chi connectivity index (χ1v) is 5.18. The van der Waals surface area contributed by atoms with E-state index in [-0.39, 0.29) is 0 Å². The highest BCUT2D eigenvalue weighted by Crippen LogP contribution is 1.99. The van der Waals surface area contributed by atoms with Crippen molar-refractivity contribution in [2.75, 3.05) is 20.6 Å². The molecule has 0 fully saturated rings. The van der Waals surface area contributed by atoms with Crippen LogP contribution in [0.3, 0.4) is 0 Å². The van der Waals surface area contributed by atoms with Gasteiger partial charge in [-0.2, -0.15) is 0 Å². The molecule has 0 amide bonds. The van der Waals surface area contributed by atoms with Crippen LogP contribution in [0.5, 0.6) is 0 Å². The molecule has 0 heterocycles. The summed E-state index contributed by atoms with van der Waals surface area (Å²) in [7, 11) is 4.24. The van der Waals surface area contributed by atoms with Gasteiger partial charge in [0.25, 0.3) is 0 Å². The minimum Gasteiger partial charge on any atom is -0.309 e. The Balaban J connectivity index is 3.07. The molecule has 0 saturated heterocycles. The second-order valence-corrected chi connectivity index (χ2v) is 3.64. The van der Waals surface area contributed by atoms with E-state index in [1.54, 1.807) is 0 Å². The van der Waals surface area contributed by atoms with E-state index in [0.29, 0.717) is 0 Å². The van der Waals surface area contributed by atoms with Gasteiger partial charge in [-0.05, 0) is 52.7 Å². The van der Waals surface area contributed by atoms with Crippen LogP contribution in [-0.2, 0) is 0 Å². The molecule has 0 radical (unpaired) electrons. The average Bonchev–Trinajstić information content (AvgIpc) is 2.09. The van der Waals surface area contributed by atoms with Crippen LogP contribution in [0.4, 0.5) is 0 Å². The fourth-order valence-electron chi connectivity index (χ4n) is 1.14. The third-order valence-corrected chi connectivity index (χ3v) is 1.92. The zero-order valence-corrected chi connectivity index (χ0v) is 9.13. The van der Waals surface area contributed by atoms with Gasteiger partial charge in [0.1, 0.15) is 0 Å². The Morgan fingerprint density at radius 1 is 1.00 bits per heavy atom. The highest BCUT2D eigenvalue weighted by molar-refractivity contribution is 4.82. The van der Waals surface area contributed by atoms with Crippen molar-refractivity contribution in [3.05, 3.63) is 24.8 Å². The Labute approximate surface area is 83.1 Å². The second-order valence-electron chi connectivity index (χ2n) is 3.64. The molecule has 0 aliphatic heterocycles. The summed E-state index contributed by atoms with van der Waals surface area (Å²) >= 11 is 0. The Hall–Kier alpha value is -0.560. The number of rotatable bonds is 8. The first-order chi connectivity index (χ1) is 6.27. The van der Waals surface area contributed by atoms with E-state index < -0.39 is 0 Å². The Kier molecular flexibility index (Phi) is 9.12. The monoisotopic (exact) mass is 181 g/mol. The third-order valence-electron chi connectivity index (χ3n) is 1.92. The molecule has 0 N–H and O–H groups in total. The lowest BCUT2D eigenvalue weighted by molar-refractivity contribution is 0.402. The summed E-state index contributed by atoms with van der Waals surface area (Å²) in [6.07, 6.45) is 12.6. The van der Waals surface area contributed by atoms with Crippen LogP contribution in [0.2, 0.25) is 0 Å². The zero-order valence-electron chi connectivity index (χ0n) is 9.13. The van der Waals surface area contributed by atoms with E-state index in [1.807, 2.05) is 6.08 Å². The van der Waals surface area contributed by atoms with E-state index in [1.165, 1.54) is 32.2 Å². The van der Waals surface area contributed by atoms with Gasteiger partial charge in [0.2, 0.25) is 0 Å². The van der Waals surface area contributed by atoms with E-state index >= 15 is 0 Å². The van der Waals surface area contributed by atoms with Crippen molar-refractivity contribution < 1.29 is 0 Å². The van der Waals surface area contributed by atoms with Gasteiger partial charge in [-0.15, -0.1) is 6.58 Å². The van der Waals surface area contributed by atoms with Crippen molar-refractivity contribution in [1.82, 2.24) is 4.90 Å². The summed E-state index contributed by atoms with van der Waals surface area (Å²) in [6.45, 7) is 4.89. The first kappa shape index (κ1) is 12.4. The third kappa shape index (κ3) is 11.4. The van der Waals surface area contributed by atoms with Crippen LogP contribution < -0.4 is 0 Å². The highest BCUT2D eigenvalue weighted by atomic mass is 15.0. The predicted molar refractivity (Wildman–Crippen MR) is 61.0 cm³/mol. The molecule has 0 saturated carbocycles. The van der Waals surface area contributed by atoms with Crippen LogP contribution >= 0.6 is 0 Å². The van der Waals surface area contributed by atoms with E-state index in [2.05, 4.69) is 37.7 Å². The fourth-order valence-corrected chi connectivity index (χ4v) is 1.14. The molecule has 0 bridgehead atoms. The lowest BCUT2D eigenvalue weighted by atomic mass is 10.2. The molecule has 0 rings (SSSR count). The van der Waals surface area contributed by atoms with Gasteiger partial charge < -0.3 is 4.90 Å². The van der Waals surface area contributed by atoms with Gasteiger partial charge in [-0.25, -0.2) is 0 Å². The Bertz CT molecular complexity index is 136. The van der Waals surface area contributed by atoms with Gasteiger partial charge in [0.05, 0.1) is 0 Å². The molecular formula is C12H23N. The zero-order chi connectivity index (χ0) is 9.94. The summed E-state index contributed by atoms with van der Waals surface area (Å²) in [5.41, 5.74) is 0. The second kappa shape index (κ2) is 9.53. The largest absolute Gasteiger partial charge is 0.309 e. The lowest BCUT2D eigenvalue weighted by Crippen LogP contribution is -2.12. The van der Waals surface area contributed by atoms with Crippen LogP contribution in [0, 0.1) is 0 Å². The van der Waals surface area contributed by atoms with E-state index in [4.69, 9.17) is 0 Å². The van der Waals surface area contributed by atoms with Crippen molar-refractivity contribution in [2.24, 2.45) is 0 Å². The Morgan fingerprint density at radius 3 is 2.15 bits per heavy atom. The standard InChI is InChI=1S/C12H23N/c1-4-5-6-7-8-9-10-11-12-13(2)3/h4,8-9H,1,5-7,10-12H2,2-3H3/b9-8-. The molecule has 0 aromatic carbocycles. The molecule has 0 aromatic heterocycles. The summed E-state index contributed by atoms with van der Waals surface area (Å²) in [6, 6.07) is 0. The van der Waals surface area contributed by atoms with Gasteiger partial charge in [-0.3, -0.25) is 0 Å². The van der Waals surface area contributed by atoms with Crippen molar-refractivity contribution in [3.63, 3.8) is 0 Å². The molecule has 1 nitrogen and oxygen atoms in total. The SMILES string of the molecule is C=CCCC/C=C\CCCN(C)C. The van der Waals surface area contributed by atoms with Gasteiger partial charge in [-0.1, -0.05) is 18.2 Å². The number of allylic oxidation sites excluding steroid dienone is 3. The fraction of sp³-hybridized carbons (Fsp3) is 0.667. The topological polar surface area (TPSA) is 3.24 Å². The van der Waals surface area contributed by atoms with Gasteiger partial charge >= 0.3 is 0 Å². The molecule has 1 heteroatoms. The summed E-state index contributed by atoms with van der Waals surface area (Å²) < 4.78 is 0. The molecular weight excluding hydrogens is 158 g/mol.